The summed E-state index contributed by atoms with van der Waals surface area (Å²) in [6.45, 7) is 10.3. The van der Waals surface area contributed by atoms with Gasteiger partial charge in [-0.05, 0) is 56.9 Å². The molecule has 1 saturated heterocycles. The van der Waals surface area contributed by atoms with Crippen molar-refractivity contribution in [3.63, 3.8) is 0 Å². The van der Waals surface area contributed by atoms with E-state index >= 15 is 0 Å². The number of methoxy groups -OCH3 is 2. The molecule has 1 aliphatic heterocycles. The Balaban J connectivity index is 1.83. The lowest BCUT2D eigenvalue weighted by molar-refractivity contribution is -0.130. The monoisotopic (exact) mass is 455 g/mol. The molecular formula is C25H33N3O5. The van der Waals surface area contributed by atoms with Crippen LogP contribution >= 0.6 is 0 Å². The molecule has 2 heterocycles. The van der Waals surface area contributed by atoms with Gasteiger partial charge in [-0.1, -0.05) is 19.9 Å². The first kappa shape index (κ1) is 24.4. The van der Waals surface area contributed by atoms with E-state index in [4.69, 9.17) is 9.47 Å². The van der Waals surface area contributed by atoms with Crippen LogP contribution in [0.5, 0.6) is 11.5 Å². The van der Waals surface area contributed by atoms with Gasteiger partial charge in [-0.15, -0.1) is 0 Å². The summed E-state index contributed by atoms with van der Waals surface area (Å²) in [5.74, 6) is 0.759. The van der Waals surface area contributed by atoms with Gasteiger partial charge in [0, 0.05) is 23.5 Å². The number of benzene rings is 1. The fourth-order valence-electron chi connectivity index (χ4n) is 4.23. The molecule has 3 rings (SSSR count). The summed E-state index contributed by atoms with van der Waals surface area (Å²) in [5, 5.41) is 2.74. The predicted molar refractivity (Wildman–Crippen MR) is 125 cm³/mol. The average Bonchev–Trinajstić information content (AvgIpc) is 3.18. The van der Waals surface area contributed by atoms with Gasteiger partial charge in [0.15, 0.2) is 17.3 Å². The first-order valence-electron chi connectivity index (χ1n) is 11.1. The van der Waals surface area contributed by atoms with Crippen LogP contribution in [-0.2, 0) is 16.9 Å². The van der Waals surface area contributed by atoms with Gasteiger partial charge in [0.25, 0.3) is 5.91 Å². The molecule has 0 spiro atoms. The van der Waals surface area contributed by atoms with Crippen LogP contribution < -0.4 is 14.8 Å². The third kappa shape index (κ3) is 4.47. The van der Waals surface area contributed by atoms with Crippen molar-refractivity contribution in [3.05, 3.63) is 46.8 Å². The van der Waals surface area contributed by atoms with Gasteiger partial charge >= 0.3 is 6.03 Å². The van der Waals surface area contributed by atoms with Crippen molar-refractivity contribution in [1.82, 2.24) is 14.8 Å². The number of Topliss-reactive ketones (excluding diaryl/α,β-unsaturated/α-hetero) is 1. The Morgan fingerprint density at radius 1 is 1.09 bits per heavy atom. The van der Waals surface area contributed by atoms with E-state index in [2.05, 4.69) is 23.7 Å². The van der Waals surface area contributed by atoms with Gasteiger partial charge in [-0.3, -0.25) is 14.5 Å². The number of aryl methyl sites for hydroxylation is 1. The second kappa shape index (κ2) is 9.29. The highest BCUT2D eigenvalue weighted by Crippen LogP contribution is 2.35. The molecule has 1 fully saturated rings. The van der Waals surface area contributed by atoms with Crippen LogP contribution in [0.3, 0.4) is 0 Å². The third-order valence-corrected chi connectivity index (χ3v) is 6.34. The lowest BCUT2D eigenvalue weighted by atomic mass is 9.91. The van der Waals surface area contributed by atoms with E-state index in [-0.39, 0.29) is 12.3 Å². The van der Waals surface area contributed by atoms with Gasteiger partial charge < -0.3 is 19.4 Å². The van der Waals surface area contributed by atoms with Crippen LogP contribution in [-0.4, -0.2) is 48.0 Å². The normalized spacial score (nSPS) is 18.1. The second-order valence-electron chi connectivity index (χ2n) is 9.06. The summed E-state index contributed by atoms with van der Waals surface area (Å²) >= 11 is 0. The van der Waals surface area contributed by atoms with Gasteiger partial charge in [0.2, 0.25) is 0 Å². The number of ether oxygens (including phenoxy) is 2. The van der Waals surface area contributed by atoms with Crippen LogP contribution in [0.4, 0.5) is 4.79 Å². The Bertz CT molecular complexity index is 1090. The summed E-state index contributed by atoms with van der Waals surface area (Å²) in [6.07, 6.45) is 1.00. The van der Waals surface area contributed by atoms with E-state index < -0.39 is 17.5 Å². The molecular weight excluding hydrogens is 422 g/mol. The second-order valence-corrected chi connectivity index (χ2v) is 9.06. The van der Waals surface area contributed by atoms with E-state index in [9.17, 15) is 14.4 Å². The van der Waals surface area contributed by atoms with E-state index in [1.807, 2.05) is 19.9 Å². The molecule has 178 valence electrons. The molecule has 0 saturated carbocycles. The van der Waals surface area contributed by atoms with Crippen LogP contribution in [0, 0.1) is 19.8 Å². The minimum atomic E-state index is -1.31. The molecule has 1 aliphatic rings. The summed E-state index contributed by atoms with van der Waals surface area (Å²) in [6, 6.07) is 6.28. The Labute approximate surface area is 194 Å². The number of nitrogens with zero attached hydrogens (tertiary/aromatic N) is 2. The lowest BCUT2D eigenvalue weighted by Crippen LogP contribution is -2.41. The van der Waals surface area contributed by atoms with E-state index in [0.717, 1.165) is 29.3 Å². The highest BCUT2D eigenvalue weighted by Gasteiger charge is 2.49. The number of imide groups is 1. The zero-order valence-corrected chi connectivity index (χ0v) is 20.4. The maximum atomic E-state index is 13.3. The van der Waals surface area contributed by atoms with Crippen molar-refractivity contribution in [3.8, 4) is 11.5 Å². The summed E-state index contributed by atoms with van der Waals surface area (Å²) in [5.41, 5.74) is 1.61. The largest absolute Gasteiger partial charge is 0.493 e. The number of hydrogen-bond donors (Lipinski definition) is 1. The molecule has 8 heteroatoms. The highest BCUT2D eigenvalue weighted by atomic mass is 16.5. The molecule has 0 radical (unpaired) electrons. The van der Waals surface area contributed by atoms with Gasteiger partial charge in [-0.2, -0.15) is 0 Å². The summed E-state index contributed by atoms with van der Waals surface area (Å²) in [7, 11) is 3.02. The van der Waals surface area contributed by atoms with Crippen LogP contribution in [0.2, 0.25) is 0 Å². The Morgan fingerprint density at radius 2 is 1.76 bits per heavy atom. The number of hydrogen-bond acceptors (Lipinski definition) is 5. The zero-order chi connectivity index (χ0) is 24.5. The SMILES string of the molecule is COc1ccc(C2(C)NC(=O)N(CC(=O)c3cc(C)n(CCC(C)C)c3C)C2=O)cc1OC. The quantitative estimate of drug-likeness (QED) is 0.459. The van der Waals surface area contributed by atoms with Crippen LogP contribution in [0.15, 0.2) is 24.3 Å². The van der Waals surface area contributed by atoms with E-state index in [1.54, 1.807) is 25.1 Å². The minimum absolute atomic E-state index is 0.265. The molecule has 3 amide bonds. The zero-order valence-electron chi connectivity index (χ0n) is 20.4. The number of carbonyl (C=O) groups excluding carboxylic acids is 3. The van der Waals surface area contributed by atoms with Crippen molar-refractivity contribution in [2.75, 3.05) is 20.8 Å². The standard InChI is InChI=1S/C25H33N3O5/c1-15(2)10-11-27-16(3)12-19(17(27)4)20(29)14-28-23(30)25(5,26-24(28)31)18-8-9-21(32-6)22(13-18)33-7/h8-9,12-13,15H,10-11,14H2,1-7H3,(H,26,31). The molecule has 1 unspecified atom stereocenters. The van der Waals surface area contributed by atoms with Gasteiger partial charge in [-0.25, -0.2) is 4.79 Å². The smallest absolute Gasteiger partial charge is 0.325 e. The van der Waals surface area contributed by atoms with Crippen molar-refractivity contribution < 1.29 is 23.9 Å². The van der Waals surface area contributed by atoms with E-state index in [0.29, 0.717) is 28.5 Å². The Hall–Kier alpha value is -3.29. The number of urea groups is 1. The predicted octanol–water partition coefficient (Wildman–Crippen LogP) is 3.82. The van der Waals surface area contributed by atoms with E-state index in [1.165, 1.54) is 14.2 Å². The van der Waals surface area contributed by atoms with Gasteiger partial charge in [0.1, 0.15) is 5.54 Å². The number of carbonyl (C=O) groups is 3. The number of nitrogens with one attached hydrogen (secondary N) is 1. The van der Waals surface area contributed by atoms with Crippen LogP contribution in [0.1, 0.15) is 54.5 Å². The third-order valence-electron chi connectivity index (χ3n) is 6.34. The molecule has 0 bridgehead atoms. The maximum Gasteiger partial charge on any atom is 0.325 e. The lowest BCUT2D eigenvalue weighted by Gasteiger charge is -2.23. The van der Waals surface area contributed by atoms with Gasteiger partial charge in [0.05, 0.1) is 20.8 Å². The number of aromatic nitrogens is 1. The summed E-state index contributed by atoms with van der Waals surface area (Å²) < 4.78 is 12.7. The molecule has 33 heavy (non-hydrogen) atoms. The average molecular weight is 456 g/mol. The molecule has 1 aromatic carbocycles. The number of ketones is 1. The molecule has 0 aliphatic carbocycles. The Morgan fingerprint density at radius 3 is 2.36 bits per heavy atom. The summed E-state index contributed by atoms with van der Waals surface area (Å²) in [4.78, 5) is 40.1. The number of rotatable bonds is 9. The fourth-order valence-corrected chi connectivity index (χ4v) is 4.23. The minimum Gasteiger partial charge on any atom is -0.493 e. The van der Waals surface area contributed by atoms with Crippen molar-refractivity contribution in [2.45, 2.75) is 53.1 Å². The number of amides is 3. The molecule has 1 atom stereocenters. The first-order valence-corrected chi connectivity index (χ1v) is 11.1. The highest BCUT2D eigenvalue weighted by molar-refractivity contribution is 6.11. The fraction of sp³-hybridized carbons (Fsp3) is 0.480. The van der Waals surface area contributed by atoms with Crippen molar-refractivity contribution >= 4 is 17.7 Å². The molecule has 1 aromatic heterocycles. The van der Waals surface area contributed by atoms with Crippen molar-refractivity contribution in [1.29, 1.82) is 0 Å². The molecule has 8 nitrogen and oxygen atoms in total. The first-order chi connectivity index (χ1) is 15.5. The van der Waals surface area contributed by atoms with Crippen molar-refractivity contribution in [2.24, 2.45) is 5.92 Å². The Kier molecular flexibility index (Phi) is 6.86. The maximum absolute atomic E-state index is 13.3. The molecule has 1 N–H and O–H groups in total. The van der Waals surface area contributed by atoms with Crippen LogP contribution in [0.25, 0.3) is 0 Å². The topological polar surface area (TPSA) is 89.9 Å². The molecule has 2 aromatic rings.